The highest BCUT2D eigenvalue weighted by Gasteiger charge is 2.19. The number of hydrogen-bond acceptors (Lipinski definition) is 5. The standard InChI is InChI=1S/C11H9BrClN3O3S2/c12-10-8(13)5-9(20-10)21(18,19)16-7-3-1-6(2-4-7)11(14)15-17/h1-5,16-17H,(H2,14,15). The Balaban J connectivity index is 2.25. The molecule has 10 heteroatoms. The molecule has 6 nitrogen and oxygen atoms in total. The molecule has 0 bridgehead atoms. The maximum atomic E-state index is 12.2. The number of sulfonamides is 1. The lowest BCUT2D eigenvalue weighted by Gasteiger charge is -2.06. The van der Waals surface area contributed by atoms with Crippen LogP contribution in [0.2, 0.25) is 5.02 Å². The number of hydrogen-bond donors (Lipinski definition) is 3. The van der Waals surface area contributed by atoms with Gasteiger partial charge >= 0.3 is 0 Å². The number of thiophene rings is 1. The largest absolute Gasteiger partial charge is 0.409 e. The quantitative estimate of drug-likeness (QED) is 0.312. The van der Waals surface area contributed by atoms with Crippen molar-refractivity contribution in [3.63, 3.8) is 0 Å². The average molecular weight is 411 g/mol. The lowest BCUT2D eigenvalue weighted by molar-refractivity contribution is 0.318. The molecule has 2 aromatic rings. The molecule has 0 saturated heterocycles. The Morgan fingerprint density at radius 3 is 2.48 bits per heavy atom. The zero-order valence-corrected chi connectivity index (χ0v) is 14.2. The number of amidine groups is 1. The van der Waals surface area contributed by atoms with Crippen molar-refractivity contribution >= 4 is 60.4 Å². The third kappa shape index (κ3) is 3.67. The van der Waals surface area contributed by atoms with Crippen molar-refractivity contribution in [1.82, 2.24) is 0 Å². The van der Waals surface area contributed by atoms with E-state index in [1.165, 1.54) is 30.3 Å². The Morgan fingerprint density at radius 2 is 2.00 bits per heavy atom. The molecule has 0 saturated carbocycles. The Bertz CT molecular complexity index is 768. The van der Waals surface area contributed by atoms with Gasteiger partial charge in [0.05, 0.1) is 8.81 Å². The van der Waals surface area contributed by atoms with Crippen molar-refractivity contribution in [3.8, 4) is 0 Å². The van der Waals surface area contributed by atoms with Gasteiger partial charge in [-0.2, -0.15) is 0 Å². The summed E-state index contributed by atoms with van der Waals surface area (Å²) in [5.41, 5.74) is 6.25. The van der Waals surface area contributed by atoms with Gasteiger partial charge in [0.25, 0.3) is 10.0 Å². The van der Waals surface area contributed by atoms with E-state index in [4.69, 9.17) is 22.5 Å². The predicted molar refractivity (Wildman–Crippen MR) is 86.8 cm³/mol. The van der Waals surface area contributed by atoms with E-state index in [2.05, 4.69) is 25.8 Å². The molecule has 0 amide bonds. The maximum Gasteiger partial charge on any atom is 0.271 e. The number of benzene rings is 1. The van der Waals surface area contributed by atoms with Crippen LogP contribution in [0.1, 0.15) is 5.56 Å². The molecule has 2 rings (SSSR count). The number of anilines is 1. The fourth-order valence-electron chi connectivity index (χ4n) is 1.43. The molecule has 0 aliphatic heterocycles. The van der Waals surface area contributed by atoms with Gasteiger partial charge in [0, 0.05) is 11.3 Å². The van der Waals surface area contributed by atoms with Crippen molar-refractivity contribution in [2.45, 2.75) is 4.21 Å². The summed E-state index contributed by atoms with van der Waals surface area (Å²) in [6.07, 6.45) is 0. The van der Waals surface area contributed by atoms with Gasteiger partial charge in [-0.3, -0.25) is 4.72 Å². The Kier molecular flexibility index (Phi) is 4.77. The molecule has 0 aliphatic rings. The number of halogens is 2. The van der Waals surface area contributed by atoms with Gasteiger partial charge in [-0.1, -0.05) is 16.8 Å². The van der Waals surface area contributed by atoms with Crippen LogP contribution in [0.3, 0.4) is 0 Å². The zero-order valence-electron chi connectivity index (χ0n) is 10.2. The molecule has 1 heterocycles. The third-order valence-corrected chi connectivity index (χ3v) is 6.76. The van der Waals surface area contributed by atoms with Crippen LogP contribution in [0.25, 0.3) is 0 Å². The van der Waals surface area contributed by atoms with Crippen LogP contribution in [0, 0.1) is 0 Å². The highest BCUT2D eigenvalue weighted by atomic mass is 79.9. The lowest BCUT2D eigenvalue weighted by Crippen LogP contribution is -2.14. The second-order valence-electron chi connectivity index (χ2n) is 3.86. The topological polar surface area (TPSA) is 105 Å². The highest BCUT2D eigenvalue weighted by molar-refractivity contribution is 9.11. The fourth-order valence-corrected chi connectivity index (χ4v) is 4.89. The van der Waals surface area contributed by atoms with E-state index < -0.39 is 10.0 Å². The first kappa shape index (κ1) is 16.1. The monoisotopic (exact) mass is 409 g/mol. The van der Waals surface area contributed by atoms with Crippen LogP contribution < -0.4 is 10.5 Å². The molecular formula is C11H9BrClN3O3S2. The Hall–Kier alpha value is -1.29. The smallest absolute Gasteiger partial charge is 0.271 e. The molecule has 21 heavy (non-hydrogen) atoms. The van der Waals surface area contributed by atoms with E-state index in [0.29, 0.717) is 20.1 Å². The summed E-state index contributed by atoms with van der Waals surface area (Å²) < 4.78 is 27.4. The lowest BCUT2D eigenvalue weighted by atomic mass is 10.2. The van der Waals surface area contributed by atoms with Crippen molar-refractivity contribution in [1.29, 1.82) is 0 Å². The second-order valence-corrected chi connectivity index (χ2v) is 8.54. The number of nitrogens with zero attached hydrogens (tertiary/aromatic N) is 1. The van der Waals surface area contributed by atoms with Crippen LogP contribution in [0.4, 0.5) is 5.69 Å². The molecule has 0 radical (unpaired) electrons. The third-order valence-electron chi connectivity index (χ3n) is 2.43. The number of rotatable bonds is 4. The molecule has 4 N–H and O–H groups in total. The minimum Gasteiger partial charge on any atom is -0.409 e. The highest BCUT2D eigenvalue weighted by Crippen LogP contribution is 2.35. The molecule has 0 unspecified atom stereocenters. The molecule has 1 aromatic carbocycles. The summed E-state index contributed by atoms with van der Waals surface area (Å²) in [4.78, 5) is 0. The van der Waals surface area contributed by atoms with Crippen molar-refractivity contribution in [2.24, 2.45) is 10.9 Å². The minimum atomic E-state index is -3.71. The SMILES string of the molecule is N/C(=N/O)c1ccc(NS(=O)(=O)c2cc(Cl)c(Br)s2)cc1. The summed E-state index contributed by atoms with van der Waals surface area (Å²) in [6.45, 7) is 0. The molecule has 112 valence electrons. The first-order valence-corrected chi connectivity index (χ1v) is 8.86. The van der Waals surface area contributed by atoms with Gasteiger partial charge in [-0.25, -0.2) is 8.42 Å². The molecule has 0 fully saturated rings. The van der Waals surface area contributed by atoms with Crippen LogP contribution in [0.5, 0.6) is 0 Å². The molecular weight excluding hydrogens is 402 g/mol. The summed E-state index contributed by atoms with van der Waals surface area (Å²) in [5, 5.41) is 11.8. The van der Waals surface area contributed by atoms with Crippen molar-refractivity contribution in [2.75, 3.05) is 4.72 Å². The van der Waals surface area contributed by atoms with Crippen molar-refractivity contribution in [3.05, 3.63) is 44.7 Å². The molecule has 0 spiro atoms. The zero-order chi connectivity index (χ0) is 15.6. The van der Waals surface area contributed by atoms with E-state index in [9.17, 15) is 8.42 Å². The first-order valence-electron chi connectivity index (χ1n) is 5.39. The van der Waals surface area contributed by atoms with E-state index in [0.717, 1.165) is 11.3 Å². The van der Waals surface area contributed by atoms with E-state index in [1.54, 1.807) is 0 Å². The van der Waals surface area contributed by atoms with Crippen LogP contribution >= 0.6 is 38.9 Å². The van der Waals surface area contributed by atoms with E-state index in [1.807, 2.05) is 0 Å². The average Bonchev–Trinajstić information content (AvgIpc) is 2.79. The first-order chi connectivity index (χ1) is 9.83. The van der Waals surface area contributed by atoms with Gasteiger partial charge in [0.2, 0.25) is 0 Å². The molecule has 1 aromatic heterocycles. The van der Waals surface area contributed by atoms with Gasteiger partial charge in [-0.15, -0.1) is 11.3 Å². The van der Waals surface area contributed by atoms with Gasteiger partial charge in [-0.05, 0) is 46.3 Å². The predicted octanol–water partition coefficient (Wildman–Crippen LogP) is 3.06. The number of oxime groups is 1. The van der Waals surface area contributed by atoms with Gasteiger partial charge < -0.3 is 10.9 Å². The normalized spacial score (nSPS) is 12.4. The van der Waals surface area contributed by atoms with Crippen molar-refractivity contribution < 1.29 is 13.6 Å². The summed E-state index contributed by atoms with van der Waals surface area (Å²) >= 11 is 10.0. The Labute approximate surface area is 138 Å². The minimum absolute atomic E-state index is 0.0571. The maximum absolute atomic E-state index is 12.2. The molecule has 0 atom stereocenters. The number of nitrogens with two attached hydrogens (primary N) is 1. The second kappa shape index (κ2) is 6.22. The number of nitrogens with one attached hydrogen (secondary N) is 1. The van der Waals surface area contributed by atoms with E-state index >= 15 is 0 Å². The van der Waals surface area contributed by atoms with Crippen LogP contribution in [-0.4, -0.2) is 19.5 Å². The summed E-state index contributed by atoms with van der Waals surface area (Å²) in [7, 11) is -3.71. The van der Waals surface area contributed by atoms with Crippen LogP contribution in [0.15, 0.2) is 43.5 Å². The fraction of sp³-hybridized carbons (Fsp3) is 0. The van der Waals surface area contributed by atoms with Crippen LogP contribution in [-0.2, 0) is 10.0 Å². The Morgan fingerprint density at radius 1 is 1.38 bits per heavy atom. The summed E-state index contributed by atoms with van der Waals surface area (Å²) in [6, 6.07) is 7.45. The molecule has 0 aliphatic carbocycles. The van der Waals surface area contributed by atoms with Gasteiger partial charge in [0.1, 0.15) is 4.21 Å². The van der Waals surface area contributed by atoms with Gasteiger partial charge in [0.15, 0.2) is 5.84 Å². The summed E-state index contributed by atoms with van der Waals surface area (Å²) in [5.74, 6) is -0.0571. The van der Waals surface area contributed by atoms with E-state index in [-0.39, 0.29) is 10.0 Å².